The molecule has 2 rings (SSSR count). The molecule has 0 aromatic carbocycles. The number of hydrogen-bond acceptors (Lipinski definition) is 5. The molecule has 0 aliphatic rings. The number of hydrogen-bond donors (Lipinski definition) is 1. The number of anilines is 1. The van der Waals surface area contributed by atoms with Gasteiger partial charge in [-0.1, -0.05) is 6.92 Å². The lowest BCUT2D eigenvalue weighted by Crippen LogP contribution is -2.02. The predicted molar refractivity (Wildman–Crippen MR) is 73.2 cm³/mol. The molecular weight excluding hydrogens is 242 g/mol. The highest BCUT2D eigenvalue weighted by Gasteiger charge is 2.13. The van der Waals surface area contributed by atoms with Crippen molar-refractivity contribution >= 4 is 5.82 Å². The fraction of sp³-hybridized carbons (Fsp3) is 0.462. The molecule has 6 heteroatoms. The third-order valence-corrected chi connectivity index (χ3v) is 2.89. The minimum atomic E-state index is 0.424. The fourth-order valence-electron chi connectivity index (χ4n) is 1.89. The van der Waals surface area contributed by atoms with Crippen molar-refractivity contribution in [1.29, 1.82) is 0 Å². The second kappa shape index (κ2) is 5.26. The van der Waals surface area contributed by atoms with Crippen molar-refractivity contribution in [3.05, 3.63) is 23.3 Å². The average Bonchev–Trinajstić information content (AvgIpc) is 2.56. The Morgan fingerprint density at radius 1 is 1.32 bits per heavy atom. The fourth-order valence-corrected chi connectivity index (χ4v) is 1.89. The summed E-state index contributed by atoms with van der Waals surface area (Å²) in [5.74, 6) is 2.32. The maximum absolute atomic E-state index is 5.81. The van der Waals surface area contributed by atoms with Gasteiger partial charge in [-0.3, -0.25) is 4.68 Å². The van der Waals surface area contributed by atoms with Crippen molar-refractivity contribution in [1.82, 2.24) is 19.7 Å². The lowest BCUT2D eigenvalue weighted by atomic mass is 10.3. The Labute approximate surface area is 112 Å². The number of rotatable bonds is 4. The van der Waals surface area contributed by atoms with Crippen LogP contribution < -0.4 is 10.5 Å². The lowest BCUT2D eigenvalue weighted by molar-refractivity contribution is 0.451. The van der Waals surface area contributed by atoms with Crippen LogP contribution in [-0.2, 0) is 13.5 Å². The van der Waals surface area contributed by atoms with Crippen molar-refractivity contribution in [2.24, 2.45) is 7.05 Å². The number of ether oxygens (including phenoxy) is 1. The molecule has 2 aromatic heterocycles. The SMILES string of the molecule is CCCc1nc(N)cc(Oc2c(C)nn(C)c2C)n1. The Balaban J connectivity index is 2.32. The Bertz CT molecular complexity index is 591. The summed E-state index contributed by atoms with van der Waals surface area (Å²) >= 11 is 0. The van der Waals surface area contributed by atoms with Crippen LogP contribution in [0.1, 0.15) is 30.6 Å². The van der Waals surface area contributed by atoms with Crippen LogP contribution in [0.4, 0.5) is 5.82 Å². The van der Waals surface area contributed by atoms with Gasteiger partial charge in [0.15, 0.2) is 5.75 Å². The zero-order chi connectivity index (χ0) is 14.0. The molecule has 0 radical (unpaired) electrons. The first-order chi connectivity index (χ1) is 9.01. The average molecular weight is 261 g/mol. The third-order valence-electron chi connectivity index (χ3n) is 2.89. The first-order valence-corrected chi connectivity index (χ1v) is 6.32. The van der Waals surface area contributed by atoms with Crippen molar-refractivity contribution in [3.63, 3.8) is 0 Å². The summed E-state index contributed by atoms with van der Waals surface area (Å²) in [7, 11) is 1.88. The quantitative estimate of drug-likeness (QED) is 0.912. The summed E-state index contributed by atoms with van der Waals surface area (Å²) in [6.07, 6.45) is 1.75. The first kappa shape index (κ1) is 13.3. The van der Waals surface area contributed by atoms with E-state index in [1.807, 2.05) is 20.9 Å². The molecule has 0 amide bonds. The van der Waals surface area contributed by atoms with Crippen LogP contribution in [0.3, 0.4) is 0 Å². The minimum absolute atomic E-state index is 0.424. The van der Waals surface area contributed by atoms with E-state index in [2.05, 4.69) is 22.0 Å². The smallest absolute Gasteiger partial charge is 0.224 e. The molecule has 6 nitrogen and oxygen atoms in total. The van der Waals surface area contributed by atoms with Gasteiger partial charge in [-0.15, -0.1) is 0 Å². The normalized spacial score (nSPS) is 10.7. The molecule has 0 unspecified atom stereocenters. The maximum Gasteiger partial charge on any atom is 0.224 e. The largest absolute Gasteiger partial charge is 0.435 e. The molecule has 0 bridgehead atoms. The Hall–Kier alpha value is -2.11. The lowest BCUT2D eigenvalue weighted by Gasteiger charge is -2.07. The van der Waals surface area contributed by atoms with E-state index in [9.17, 15) is 0 Å². The summed E-state index contributed by atoms with van der Waals surface area (Å²) in [5, 5.41) is 4.30. The second-order valence-electron chi connectivity index (χ2n) is 4.52. The molecule has 0 saturated heterocycles. The third kappa shape index (κ3) is 2.83. The highest BCUT2D eigenvalue weighted by molar-refractivity contribution is 5.39. The molecule has 2 heterocycles. The van der Waals surface area contributed by atoms with Crippen molar-refractivity contribution < 1.29 is 4.74 Å². The summed E-state index contributed by atoms with van der Waals surface area (Å²) in [5.41, 5.74) is 7.55. The van der Waals surface area contributed by atoms with Crippen LogP contribution in [0.25, 0.3) is 0 Å². The molecule has 0 spiro atoms. The van der Waals surface area contributed by atoms with Gasteiger partial charge < -0.3 is 10.5 Å². The Morgan fingerprint density at radius 3 is 2.63 bits per heavy atom. The molecule has 0 atom stereocenters. The van der Waals surface area contributed by atoms with Gasteiger partial charge in [0.05, 0.1) is 5.69 Å². The standard InChI is InChI=1S/C13H19N5O/c1-5-6-11-15-10(14)7-12(16-11)19-13-8(2)17-18(4)9(13)3/h7H,5-6H2,1-4H3,(H2,14,15,16). The molecule has 0 fully saturated rings. The summed E-state index contributed by atoms with van der Waals surface area (Å²) < 4.78 is 7.59. The molecule has 0 saturated carbocycles. The first-order valence-electron chi connectivity index (χ1n) is 6.32. The second-order valence-corrected chi connectivity index (χ2v) is 4.52. The summed E-state index contributed by atoms with van der Waals surface area (Å²) in [6, 6.07) is 1.63. The number of nitrogen functional groups attached to an aromatic ring is 1. The van der Waals surface area contributed by atoms with Gasteiger partial charge in [-0.2, -0.15) is 10.1 Å². The van der Waals surface area contributed by atoms with Crippen LogP contribution in [0.2, 0.25) is 0 Å². The van der Waals surface area contributed by atoms with Gasteiger partial charge in [-0.25, -0.2) is 4.98 Å². The molecule has 102 valence electrons. The highest BCUT2D eigenvalue weighted by Crippen LogP contribution is 2.27. The van der Waals surface area contributed by atoms with Gasteiger partial charge in [0.1, 0.15) is 17.3 Å². The molecule has 19 heavy (non-hydrogen) atoms. The number of nitrogens with zero attached hydrogens (tertiary/aromatic N) is 4. The predicted octanol–water partition coefficient (Wildman–Crippen LogP) is 2.15. The van der Waals surface area contributed by atoms with E-state index in [0.29, 0.717) is 17.5 Å². The topological polar surface area (TPSA) is 78.9 Å². The van der Waals surface area contributed by atoms with E-state index < -0.39 is 0 Å². The molecule has 0 aliphatic carbocycles. The van der Waals surface area contributed by atoms with Crippen LogP contribution in [0.5, 0.6) is 11.6 Å². The number of nitrogens with two attached hydrogens (primary N) is 1. The van der Waals surface area contributed by atoms with Crippen LogP contribution in [-0.4, -0.2) is 19.7 Å². The molecule has 2 aromatic rings. The van der Waals surface area contributed by atoms with Crippen molar-refractivity contribution in [3.8, 4) is 11.6 Å². The monoisotopic (exact) mass is 261 g/mol. The Kier molecular flexibility index (Phi) is 3.69. The van der Waals surface area contributed by atoms with Crippen molar-refractivity contribution in [2.45, 2.75) is 33.6 Å². The molecule has 0 aliphatic heterocycles. The van der Waals surface area contributed by atoms with E-state index in [1.54, 1.807) is 10.7 Å². The summed E-state index contributed by atoms with van der Waals surface area (Å²) in [4.78, 5) is 8.54. The van der Waals surface area contributed by atoms with E-state index in [-0.39, 0.29) is 0 Å². The van der Waals surface area contributed by atoms with E-state index >= 15 is 0 Å². The maximum atomic E-state index is 5.81. The van der Waals surface area contributed by atoms with Gasteiger partial charge in [-0.05, 0) is 20.3 Å². The van der Waals surface area contributed by atoms with Gasteiger partial charge in [0.2, 0.25) is 5.88 Å². The number of aromatic nitrogens is 4. The number of aryl methyl sites for hydroxylation is 3. The Morgan fingerprint density at radius 2 is 2.05 bits per heavy atom. The van der Waals surface area contributed by atoms with Crippen LogP contribution in [0, 0.1) is 13.8 Å². The van der Waals surface area contributed by atoms with Gasteiger partial charge >= 0.3 is 0 Å². The van der Waals surface area contributed by atoms with Crippen LogP contribution in [0.15, 0.2) is 6.07 Å². The summed E-state index contributed by atoms with van der Waals surface area (Å²) in [6.45, 7) is 5.93. The molecular formula is C13H19N5O. The minimum Gasteiger partial charge on any atom is -0.435 e. The van der Waals surface area contributed by atoms with Crippen molar-refractivity contribution in [2.75, 3.05) is 5.73 Å². The van der Waals surface area contributed by atoms with Gasteiger partial charge in [0.25, 0.3) is 0 Å². The van der Waals surface area contributed by atoms with E-state index in [4.69, 9.17) is 10.5 Å². The van der Waals surface area contributed by atoms with Crippen LogP contribution >= 0.6 is 0 Å². The van der Waals surface area contributed by atoms with E-state index in [0.717, 1.165) is 30.0 Å². The molecule has 2 N–H and O–H groups in total. The highest BCUT2D eigenvalue weighted by atomic mass is 16.5. The van der Waals surface area contributed by atoms with Gasteiger partial charge in [0, 0.05) is 19.5 Å². The zero-order valence-electron chi connectivity index (χ0n) is 11.8. The zero-order valence-corrected chi connectivity index (χ0v) is 11.8. The van der Waals surface area contributed by atoms with E-state index in [1.165, 1.54) is 0 Å².